The van der Waals surface area contributed by atoms with E-state index in [1.165, 1.54) is 0 Å². The summed E-state index contributed by atoms with van der Waals surface area (Å²) in [6.07, 6.45) is 0. The highest BCUT2D eigenvalue weighted by atomic mass is 16.3. The molecular weight excluding hydrogens is 164 g/mol. The van der Waals surface area contributed by atoms with Crippen molar-refractivity contribution >= 4 is 0 Å². The number of hydrogen-bond donors (Lipinski definition) is 1. The van der Waals surface area contributed by atoms with Gasteiger partial charge in [-0.25, -0.2) is 0 Å². The van der Waals surface area contributed by atoms with Crippen LogP contribution in [0.2, 0.25) is 0 Å². The summed E-state index contributed by atoms with van der Waals surface area (Å²) in [7, 11) is 0. The molecule has 0 unspecified atom stereocenters. The third kappa shape index (κ3) is 1.45. The number of rotatable bonds is 1. The number of nitrogens with zero attached hydrogens (tertiary/aromatic N) is 1. The first kappa shape index (κ1) is 8.33. The molecule has 1 aromatic heterocycles. The zero-order chi connectivity index (χ0) is 9.26. The van der Waals surface area contributed by atoms with Gasteiger partial charge in [0.25, 0.3) is 0 Å². The highest BCUT2D eigenvalue weighted by molar-refractivity contribution is 5.17. The summed E-state index contributed by atoms with van der Waals surface area (Å²) in [5, 5.41) is 12.1. The Balaban J connectivity index is 2.21. The van der Waals surface area contributed by atoms with E-state index in [1.807, 2.05) is 19.1 Å². The summed E-state index contributed by atoms with van der Waals surface area (Å²) in [6.45, 7) is 3.55. The van der Waals surface area contributed by atoms with Crippen molar-refractivity contribution in [1.82, 2.24) is 5.32 Å². The van der Waals surface area contributed by atoms with Gasteiger partial charge in [0.05, 0.1) is 12.0 Å². The van der Waals surface area contributed by atoms with E-state index in [9.17, 15) is 0 Å². The number of hydrogen-bond acceptors (Lipinski definition) is 3. The molecule has 0 bridgehead atoms. The van der Waals surface area contributed by atoms with Crippen LogP contribution >= 0.6 is 0 Å². The lowest BCUT2D eigenvalue weighted by Crippen LogP contribution is -2.07. The number of furan rings is 1. The predicted octanol–water partition coefficient (Wildman–Crippen LogP) is 1.41. The van der Waals surface area contributed by atoms with Crippen LogP contribution in [0.4, 0.5) is 0 Å². The van der Waals surface area contributed by atoms with Crippen molar-refractivity contribution in [3.63, 3.8) is 0 Å². The molecule has 0 spiro atoms. The number of nitriles is 1. The third-order valence-electron chi connectivity index (χ3n) is 2.51. The van der Waals surface area contributed by atoms with Crippen molar-refractivity contribution in [2.24, 2.45) is 5.92 Å². The molecule has 0 radical (unpaired) electrons. The quantitative estimate of drug-likeness (QED) is 0.703. The minimum Gasteiger partial charge on any atom is -0.466 e. The van der Waals surface area contributed by atoms with Crippen molar-refractivity contribution in [2.75, 3.05) is 13.1 Å². The van der Waals surface area contributed by atoms with Gasteiger partial charge in [0.1, 0.15) is 11.5 Å². The Hall–Kier alpha value is -1.27. The van der Waals surface area contributed by atoms with E-state index in [-0.39, 0.29) is 11.8 Å². The van der Waals surface area contributed by atoms with E-state index in [0.717, 1.165) is 24.6 Å². The predicted molar refractivity (Wildman–Crippen MR) is 48.2 cm³/mol. The van der Waals surface area contributed by atoms with Gasteiger partial charge < -0.3 is 9.73 Å². The maximum atomic E-state index is 8.87. The second kappa shape index (κ2) is 3.23. The van der Waals surface area contributed by atoms with Crippen molar-refractivity contribution in [3.05, 3.63) is 23.7 Å². The molecule has 1 aromatic rings. The average Bonchev–Trinajstić information content (AvgIpc) is 2.71. The Kier molecular flexibility index (Phi) is 2.07. The highest BCUT2D eigenvalue weighted by Gasteiger charge is 2.30. The van der Waals surface area contributed by atoms with Crippen LogP contribution in [0, 0.1) is 24.2 Å². The van der Waals surface area contributed by atoms with Crippen molar-refractivity contribution < 1.29 is 4.42 Å². The van der Waals surface area contributed by atoms with E-state index in [0.29, 0.717) is 0 Å². The lowest BCUT2D eigenvalue weighted by atomic mass is 9.95. The lowest BCUT2D eigenvalue weighted by Gasteiger charge is -2.07. The van der Waals surface area contributed by atoms with Gasteiger partial charge in [-0.2, -0.15) is 5.26 Å². The minimum atomic E-state index is 0.0607. The van der Waals surface area contributed by atoms with Crippen molar-refractivity contribution in [1.29, 1.82) is 5.26 Å². The first-order valence-corrected chi connectivity index (χ1v) is 4.48. The van der Waals surface area contributed by atoms with Gasteiger partial charge >= 0.3 is 0 Å². The molecule has 0 amide bonds. The van der Waals surface area contributed by atoms with E-state index in [4.69, 9.17) is 9.68 Å². The number of nitrogens with one attached hydrogen (secondary N) is 1. The van der Waals surface area contributed by atoms with E-state index in [2.05, 4.69) is 11.4 Å². The molecule has 2 rings (SSSR count). The largest absolute Gasteiger partial charge is 0.466 e. The summed E-state index contributed by atoms with van der Waals surface area (Å²) >= 11 is 0. The standard InChI is InChI=1S/C10H12N2O/c1-7-2-3-10(13-7)9-6-12-5-8(9)4-11/h2-3,8-9,12H,5-6H2,1H3/t8-,9-/m1/s1. The zero-order valence-electron chi connectivity index (χ0n) is 7.58. The van der Waals surface area contributed by atoms with Crippen LogP contribution in [-0.4, -0.2) is 13.1 Å². The smallest absolute Gasteiger partial charge is 0.109 e. The van der Waals surface area contributed by atoms with Gasteiger partial charge in [0.2, 0.25) is 0 Å². The van der Waals surface area contributed by atoms with Gasteiger partial charge in [-0.05, 0) is 19.1 Å². The van der Waals surface area contributed by atoms with Gasteiger partial charge in [0, 0.05) is 19.0 Å². The summed E-state index contributed by atoms with van der Waals surface area (Å²) in [4.78, 5) is 0. The van der Waals surface area contributed by atoms with Crippen LogP contribution in [0.25, 0.3) is 0 Å². The molecule has 0 aliphatic carbocycles. The Morgan fingerprint density at radius 3 is 3.00 bits per heavy atom. The molecule has 3 nitrogen and oxygen atoms in total. The fraction of sp³-hybridized carbons (Fsp3) is 0.500. The maximum Gasteiger partial charge on any atom is 0.109 e. The first-order valence-electron chi connectivity index (χ1n) is 4.48. The molecular formula is C10H12N2O. The molecule has 0 aromatic carbocycles. The Labute approximate surface area is 77.4 Å². The molecule has 3 heteroatoms. The molecule has 2 atom stereocenters. The maximum absolute atomic E-state index is 8.87. The minimum absolute atomic E-state index is 0.0607. The fourth-order valence-corrected chi connectivity index (χ4v) is 1.77. The van der Waals surface area contributed by atoms with Crippen LogP contribution in [-0.2, 0) is 0 Å². The Morgan fingerprint density at radius 1 is 1.54 bits per heavy atom. The van der Waals surface area contributed by atoms with Crippen LogP contribution < -0.4 is 5.32 Å². The highest BCUT2D eigenvalue weighted by Crippen LogP contribution is 2.28. The second-order valence-electron chi connectivity index (χ2n) is 3.45. The van der Waals surface area contributed by atoms with Crippen LogP contribution in [0.5, 0.6) is 0 Å². The SMILES string of the molecule is Cc1ccc([C@@H]2CNC[C@H]2C#N)o1. The molecule has 1 aliphatic rings. The zero-order valence-corrected chi connectivity index (χ0v) is 7.58. The van der Waals surface area contributed by atoms with Gasteiger partial charge in [-0.3, -0.25) is 0 Å². The monoisotopic (exact) mass is 176 g/mol. The summed E-state index contributed by atoms with van der Waals surface area (Å²) in [5.74, 6) is 2.15. The fourth-order valence-electron chi connectivity index (χ4n) is 1.77. The van der Waals surface area contributed by atoms with E-state index in [1.54, 1.807) is 0 Å². The van der Waals surface area contributed by atoms with Gasteiger partial charge in [-0.1, -0.05) is 0 Å². The molecule has 0 saturated carbocycles. The second-order valence-corrected chi connectivity index (χ2v) is 3.45. The molecule has 13 heavy (non-hydrogen) atoms. The molecule has 1 N–H and O–H groups in total. The summed E-state index contributed by atoms with van der Waals surface area (Å²) in [5.41, 5.74) is 0. The van der Waals surface area contributed by atoms with Crippen LogP contribution in [0.15, 0.2) is 16.5 Å². The van der Waals surface area contributed by atoms with Crippen molar-refractivity contribution in [2.45, 2.75) is 12.8 Å². The first-order chi connectivity index (χ1) is 6.31. The van der Waals surface area contributed by atoms with Gasteiger partial charge in [0.15, 0.2) is 0 Å². The normalized spacial score (nSPS) is 27.4. The molecule has 1 saturated heterocycles. The molecule has 2 heterocycles. The topological polar surface area (TPSA) is 49.0 Å². The van der Waals surface area contributed by atoms with Crippen LogP contribution in [0.3, 0.4) is 0 Å². The lowest BCUT2D eigenvalue weighted by molar-refractivity contribution is 0.433. The van der Waals surface area contributed by atoms with Crippen molar-refractivity contribution in [3.8, 4) is 6.07 Å². The van der Waals surface area contributed by atoms with Crippen LogP contribution in [0.1, 0.15) is 17.4 Å². The third-order valence-corrected chi connectivity index (χ3v) is 2.51. The molecule has 1 aliphatic heterocycles. The molecule has 68 valence electrons. The molecule has 1 fully saturated rings. The number of aryl methyl sites for hydroxylation is 1. The van der Waals surface area contributed by atoms with E-state index < -0.39 is 0 Å². The average molecular weight is 176 g/mol. The van der Waals surface area contributed by atoms with E-state index >= 15 is 0 Å². The van der Waals surface area contributed by atoms with Gasteiger partial charge in [-0.15, -0.1) is 0 Å². The Bertz CT molecular complexity index is 337. The summed E-state index contributed by atoms with van der Waals surface area (Å²) < 4.78 is 5.51. The Morgan fingerprint density at radius 2 is 2.38 bits per heavy atom. The summed E-state index contributed by atoms with van der Waals surface area (Å²) in [6, 6.07) is 6.22.